The van der Waals surface area contributed by atoms with Crippen LogP contribution < -0.4 is 4.74 Å². The van der Waals surface area contributed by atoms with Crippen molar-refractivity contribution in [3.8, 4) is 5.75 Å². The van der Waals surface area contributed by atoms with Crippen LogP contribution in [0.2, 0.25) is 0 Å². The molecule has 1 aromatic rings. The fourth-order valence-electron chi connectivity index (χ4n) is 3.15. The first-order chi connectivity index (χ1) is 16.8. The Morgan fingerprint density at radius 2 is 1.80 bits per heavy atom. The number of sulfone groups is 1. The molecule has 0 atom stereocenters. The average molecular weight is 487 g/mol. The largest absolute Gasteiger partial charge is 0.462 e. The lowest BCUT2D eigenvalue weighted by molar-refractivity contribution is 0.315. The van der Waals surface area contributed by atoms with Gasteiger partial charge < -0.3 is 9.47 Å². The van der Waals surface area contributed by atoms with Crippen LogP contribution in [0.15, 0.2) is 142 Å². The van der Waals surface area contributed by atoms with Gasteiger partial charge in [-0.2, -0.15) is 0 Å². The maximum atomic E-state index is 13.2. The van der Waals surface area contributed by atoms with Gasteiger partial charge in [0, 0.05) is 12.8 Å². The summed E-state index contributed by atoms with van der Waals surface area (Å²) in [5.74, 6) is 2.41. The van der Waals surface area contributed by atoms with Gasteiger partial charge in [-0.3, -0.25) is 0 Å². The van der Waals surface area contributed by atoms with Gasteiger partial charge in [-0.1, -0.05) is 54.7 Å². The summed E-state index contributed by atoms with van der Waals surface area (Å²) in [6.07, 6.45) is 23.9. The van der Waals surface area contributed by atoms with E-state index in [0.29, 0.717) is 29.4 Å². The number of benzene rings is 1. The van der Waals surface area contributed by atoms with E-state index >= 15 is 0 Å². The van der Waals surface area contributed by atoms with Crippen LogP contribution in [-0.4, -0.2) is 8.42 Å². The van der Waals surface area contributed by atoms with Gasteiger partial charge in [-0.25, -0.2) is 8.42 Å². The summed E-state index contributed by atoms with van der Waals surface area (Å²) in [6.45, 7) is 7.93. The van der Waals surface area contributed by atoms with Crippen molar-refractivity contribution in [2.75, 3.05) is 0 Å². The molecule has 0 radical (unpaired) electrons. The van der Waals surface area contributed by atoms with E-state index in [-0.39, 0.29) is 16.2 Å². The minimum Gasteiger partial charge on any atom is -0.462 e. The predicted octanol–water partition coefficient (Wildman–Crippen LogP) is 7.56. The Labute approximate surface area is 208 Å². The minimum atomic E-state index is -3.71. The van der Waals surface area contributed by atoms with Crippen molar-refractivity contribution in [1.82, 2.24) is 0 Å². The second kappa shape index (κ2) is 12.6. The number of hydrogen-bond donors (Lipinski definition) is 0. The van der Waals surface area contributed by atoms with Crippen LogP contribution >= 0.6 is 0 Å². The number of hydrogen-bond acceptors (Lipinski definition) is 4. The summed E-state index contributed by atoms with van der Waals surface area (Å²) in [7, 11) is -3.71. The number of rotatable bonds is 8. The Kier molecular flexibility index (Phi) is 9.31. The topological polar surface area (TPSA) is 52.6 Å². The fraction of sp³-hybridized carbons (Fsp3) is 0.167. The van der Waals surface area contributed by atoms with E-state index in [0.717, 1.165) is 6.42 Å². The lowest BCUT2D eigenvalue weighted by Crippen LogP contribution is -2.04. The molecular weight excluding hydrogens is 456 g/mol. The monoisotopic (exact) mass is 486 g/mol. The molecule has 2 aliphatic carbocycles. The van der Waals surface area contributed by atoms with Crippen molar-refractivity contribution in [3.63, 3.8) is 0 Å². The highest BCUT2D eigenvalue weighted by Crippen LogP contribution is 2.26. The normalized spacial score (nSPS) is 18.2. The van der Waals surface area contributed by atoms with Crippen LogP contribution in [0.5, 0.6) is 5.75 Å². The zero-order chi connectivity index (χ0) is 25.1. The van der Waals surface area contributed by atoms with Crippen LogP contribution in [0.3, 0.4) is 0 Å². The van der Waals surface area contributed by atoms with E-state index in [1.165, 1.54) is 5.57 Å². The van der Waals surface area contributed by atoms with Crippen LogP contribution in [0.1, 0.15) is 33.1 Å². The molecule has 3 rings (SSSR count). The molecule has 5 heteroatoms. The van der Waals surface area contributed by atoms with E-state index in [4.69, 9.17) is 9.47 Å². The number of ether oxygens (including phenoxy) is 2. The van der Waals surface area contributed by atoms with Gasteiger partial charge in [-0.05, 0) is 74.9 Å². The standard InChI is InChI=1S/C30H30O4S/c1-24(2)12-10-13-25(3)33-26-16-8-9-18-29(19-11-17-26)35(31,32)30-22-20-28(21-23-30)34-27-14-6-4-5-7-15-27/h4,6-15,17,20-23H,3,5,16,18H2,1-2H3/b9-8-,13-10-,26-17+. The quantitative estimate of drug-likeness (QED) is 0.165. The molecule has 2 aliphatic rings. The smallest absolute Gasteiger partial charge is 0.210 e. The van der Waals surface area contributed by atoms with Crippen LogP contribution in [0.4, 0.5) is 0 Å². The Balaban J connectivity index is 1.76. The predicted molar refractivity (Wildman–Crippen MR) is 142 cm³/mol. The van der Waals surface area contributed by atoms with Gasteiger partial charge in [-0.15, -0.1) is 5.73 Å². The highest BCUT2D eigenvalue weighted by molar-refractivity contribution is 7.95. The molecule has 0 fully saturated rings. The average Bonchev–Trinajstić information content (AvgIpc) is 3.01. The van der Waals surface area contributed by atoms with E-state index in [1.807, 2.05) is 68.5 Å². The molecule has 35 heavy (non-hydrogen) atoms. The summed E-state index contributed by atoms with van der Waals surface area (Å²) in [5, 5.41) is 0. The maximum absolute atomic E-state index is 13.2. The summed E-state index contributed by atoms with van der Waals surface area (Å²) in [5.41, 5.74) is 4.11. The Hall–Kier alpha value is -3.79. The zero-order valence-electron chi connectivity index (χ0n) is 20.1. The third-order valence-electron chi connectivity index (χ3n) is 4.92. The van der Waals surface area contributed by atoms with Gasteiger partial charge in [0.15, 0.2) is 0 Å². The molecule has 0 bridgehead atoms. The van der Waals surface area contributed by atoms with Crippen molar-refractivity contribution in [2.45, 2.75) is 38.0 Å². The molecule has 0 saturated carbocycles. The molecule has 0 heterocycles. The van der Waals surface area contributed by atoms with E-state index in [1.54, 1.807) is 42.5 Å². The number of allylic oxidation sites excluding steroid dienone is 13. The first-order valence-electron chi connectivity index (χ1n) is 11.4. The van der Waals surface area contributed by atoms with Gasteiger partial charge in [0.2, 0.25) is 9.84 Å². The molecule has 0 amide bonds. The van der Waals surface area contributed by atoms with E-state index < -0.39 is 9.84 Å². The van der Waals surface area contributed by atoms with Gasteiger partial charge in [0.1, 0.15) is 23.0 Å². The summed E-state index contributed by atoms with van der Waals surface area (Å²) >= 11 is 0. The van der Waals surface area contributed by atoms with E-state index in [9.17, 15) is 8.42 Å². The highest BCUT2D eigenvalue weighted by atomic mass is 32.2. The highest BCUT2D eigenvalue weighted by Gasteiger charge is 2.20. The molecule has 0 unspecified atom stereocenters. The third-order valence-corrected chi connectivity index (χ3v) is 6.75. The molecule has 180 valence electrons. The summed E-state index contributed by atoms with van der Waals surface area (Å²) < 4.78 is 38.1. The lowest BCUT2D eigenvalue weighted by atomic mass is 10.3. The van der Waals surface area contributed by atoms with Crippen LogP contribution in [0.25, 0.3) is 0 Å². The maximum Gasteiger partial charge on any atom is 0.210 e. The fourth-order valence-corrected chi connectivity index (χ4v) is 4.47. The van der Waals surface area contributed by atoms with Gasteiger partial charge in [0.05, 0.1) is 9.80 Å². The molecule has 0 N–H and O–H groups in total. The third kappa shape index (κ3) is 8.18. The zero-order valence-corrected chi connectivity index (χ0v) is 20.9. The summed E-state index contributed by atoms with van der Waals surface area (Å²) in [6, 6.07) is 6.43. The Bertz CT molecular complexity index is 1310. The van der Waals surface area contributed by atoms with Crippen LogP contribution in [0, 0.1) is 0 Å². The Morgan fingerprint density at radius 1 is 1.03 bits per heavy atom. The van der Waals surface area contributed by atoms with Crippen LogP contribution in [-0.2, 0) is 14.6 Å². The molecule has 0 aromatic heterocycles. The van der Waals surface area contributed by atoms with Gasteiger partial charge >= 0.3 is 0 Å². The second-order valence-electron chi connectivity index (χ2n) is 8.13. The Morgan fingerprint density at radius 3 is 2.57 bits per heavy atom. The first-order valence-corrected chi connectivity index (χ1v) is 12.9. The molecule has 1 aromatic carbocycles. The van der Waals surface area contributed by atoms with Crippen molar-refractivity contribution < 1.29 is 17.9 Å². The second-order valence-corrected chi connectivity index (χ2v) is 10.1. The first kappa shape index (κ1) is 25.8. The molecule has 0 aliphatic heterocycles. The van der Waals surface area contributed by atoms with Crippen molar-refractivity contribution in [2.24, 2.45) is 0 Å². The molecule has 0 saturated heterocycles. The van der Waals surface area contributed by atoms with Crippen molar-refractivity contribution in [1.29, 1.82) is 0 Å². The van der Waals surface area contributed by atoms with Gasteiger partial charge in [0.25, 0.3) is 0 Å². The molecule has 0 spiro atoms. The minimum absolute atomic E-state index is 0.182. The van der Waals surface area contributed by atoms with Crippen molar-refractivity contribution in [3.05, 3.63) is 137 Å². The summed E-state index contributed by atoms with van der Waals surface area (Å²) in [4.78, 5) is 0.374. The van der Waals surface area contributed by atoms with Crippen molar-refractivity contribution >= 4 is 9.84 Å². The SMILES string of the molecule is C=C(/C=C\C=C(C)C)O/C1=C/C=C=C(S(=O)(=O)c2ccc(OC3=CC=CCC=C3)cc2)C/C=C\C1. The lowest BCUT2D eigenvalue weighted by Gasteiger charge is -2.08. The molecule has 4 nitrogen and oxygen atoms in total. The van der Waals surface area contributed by atoms with E-state index in [2.05, 4.69) is 12.3 Å². The molecular formula is C30H30O4S.